The van der Waals surface area contributed by atoms with E-state index in [-0.39, 0.29) is 17.3 Å². The lowest BCUT2D eigenvalue weighted by atomic mass is 9.93. The standard InChI is InChI=1S/C29H29F2N5O3/c1-16-11-19(29(38)39-4)12-21(30)27(16)18-6-9-35(10-7-18)17(2)25-13-20-24(5-8-33-28(20)34(25)3)36-15-22(31)23(32)14-26(36)37/h5-6,8,11-15,17H,7,9-10,32H2,1-4H3/t17-/m0/s1. The first kappa shape index (κ1) is 26.3. The lowest BCUT2D eigenvalue weighted by Crippen LogP contribution is -2.32. The van der Waals surface area contributed by atoms with Gasteiger partial charge in [-0.3, -0.25) is 14.3 Å². The Morgan fingerprint density at radius 1 is 1.18 bits per heavy atom. The second-order valence-electron chi connectivity index (χ2n) is 9.77. The normalized spacial score (nSPS) is 14.9. The molecule has 0 radical (unpaired) electrons. The van der Waals surface area contributed by atoms with Gasteiger partial charge in [-0.05, 0) is 55.7 Å². The number of esters is 1. The lowest BCUT2D eigenvalue weighted by molar-refractivity contribution is 0.0600. The Bertz CT molecular complexity index is 1680. The van der Waals surface area contributed by atoms with E-state index in [4.69, 9.17) is 10.5 Å². The van der Waals surface area contributed by atoms with Gasteiger partial charge in [-0.25, -0.2) is 18.6 Å². The van der Waals surface area contributed by atoms with Crippen LogP contribution in [0.25, 0.3) is 22.3 Å². The smallest absolute Gasteiger partial charge is 0.337 e. The molecule has 0 bridgehead atoms. The van der Waals surface area contributed by atoms with Crippen LogP contribution in [0.3, 0.4) is 0 Å². The van der Waals surface area contributed by atoms with E-state index in [0.717, 1.165) is 23.5 Å². The highest BCUT2D eigenvalue weighted by molar-refractivity contribution is 5.90. The summed E-state index contributed by atoms with van der Waals surface area (Å²) in [5.41, 5.74) is 9.37. The van der Waals surface area contributed by atoms with Crippen molar-refractivity contribution < 1.29 is 18.3 Å². The Balaban J connectivity index is 1.45. The fraction of sp³-hybridized carbons (Fsp3) is 0.276. The van der Waals surface area contributed by atoms with Gasteiger partial charge in [0.05, 0.1) is 30.2 Å². The molecule has 0 aliphatic carbocycles. The summed E-state index contributed by atoms with van der Waals surface area (Å²) in [6, 6.07) is 7.56. The van der Waals surface area contributed by atoms with Crippen LogP contribution in [0.2, 0.25) is 0 Å². The number of rotatable bonds is 5. The third-order valence-electron chi connectivity index (χ3n) is 7.48. The molecule has 1 aliphatic rings. The molecule has 4 heterocycles. The number of nitrogen functional groups attached to an aromatic ring is 1. The Labute approximate surface area is 223 Å². The molecule has 8 nitrogen and oxygen atoms in total. The number of nitrogens with zero attached hydrogens (tertiary/aromatic N) is 4. The van der Waals surface area contributed by atoms with Crippen LogP contribution < -0.4 is 11.3 Å². The van der Waals surface area contributed by atoms with Crippen molar-refractivity contribution in [2.24, 2.45) is 7.05 Å². The first-order valence-electron chi connectivity index (χ1n) is 12.5. The summed E-state index contributed by atoms with van der Waals surface area (Å²) in [5.74, 6) is -1.68. The number of ether oxygens (including phenoxy) is 1. The van der Waals surface area contributed by atoms with Gasteiger partial charge in [-0.15, -0.1) is 0 Å². The van der Waals surface area contributed by atoms with E-state index in [2.05, 4.69) is 16.8 Å². The molecule has 0 fully saturated rings. The second kappa shape index (κ2) is 10.1. The van der Waals surface area contributed by atoms with Crippen molar-refractivity contribution in [3.63, 3.8) is 0 Å². The van der Waals surface area contributed by atoms with Crippen molar-refractivity contribution in [2.45, 2.75) is 26.3 Å². The molecule has 39 heavy (non-hydrogen) atoms. The highest BCUT2D eigenvalue weighted by atomic mass is 19.1. The number of benzene rings is 1. The maximum Gasteiger partial charge on any atom is 0.337 e. The van der Waals surface area contributed by atoms with Crippen LogP contribution in [0, 0.1) is 18.6 Å². The van der Waals surface area contributed by atoms with Crippen molar-refractivity contribution in [3.8, 4) is 5.69 Å². The van der Waals surface area contributed by atoms with Gasteiger partial charge in [-0.1, -0.05) is 6.08 Å². The molecule has 3 aromatic heterocycles. The van der Waals surface area contributed by atoms with Crippen LogP contribution in [0.1, 0.15) is 46.6 Å². The van der Waals surface area contributed by atoms with E-state index in [0.29, 0.717) is 47.4 Å². The zero-order valence-corrected chi connectivity index (χ0v) is 22.2. The predicted molar refractivity (Wildman–Crippen MR) is 146 cm³/mol. The molecule has 1 aromatic carbocycles. The van der Waals surface area contributed by atoms with Gasteiger partial charge in [0.15, 0.2) is 5.82 Å². The topological polar surface area (TPSA) is 95.4 Å². The second-order valence-corrected chi connectivity index (χ2v) is 9.77. The first-order valence-corrected chi connectivity index (χ1v) is 12.5. The molecule has 1 aliphatic heterocycles. The molecule has 10 heteroatoms. The van der Waals surface area contributed by atoms with Gasteiger partial charge in [0.25, 0.3) is 5.56 Å². The summed E-state index contributed by atoms with van der Waals surface area (Å²) in [7, 11) is 3.18. The summed E-state index contributed by atoms with van der Waals surface area (Å²) in [5, 5.41) is 0.713. The predicted octanol–water partition coefficient (Wildman–Crippen LogP) is 4.53. The van der Waals surface area contributed by atoms with E-state index in [1.165, 1.54) is 17.7 Å². The van der Waals surface area contributed by atoms with Crippen LogP contribution in [-0.2, 0) is 11.8 Å². The molecule has 2 N–H and O–H groups in total. The highest BCUT2D eigenvalue weighted by Gasteiger charge is 2.25. The minimum Gasteiger partial charge on any atom is -0.465 e. The molecule has 1 atom stereocenters. The zero-order chi connectivity index (χ0) is 28.0. The summed E-state index contributed by atoms with van der Waals surface area (Å²) < 4.78 is 37.2. The molecule has 0 spiro atoms. The molecule has 0 amide bonds. The van der Waals surface area contributed by atoms with Gasteiger partial charge >= 0.3 is 5.97 Å². The van der Waals surface area contributed by atoms with E-state index in [1.807, 2.05) is 23.8 Å². The number of anilines is 1. The van der Waals surface area contributed by atoms with Crippen molar-refractivity contribution in [1.82, 2.24) is 19.0 Å². The quantitative estimate of drug-likeness (QED) is 0.379. The number of aromatic nitrogens is 3. The Hall–Kier alpha value is -4.31. The average Bonchev–Trinajstić information content (AvgIpc) is 3.26. The number of methoxy groups -OCH3 is 1. The third-order valence-corrected chi connectivity index (χ3v) is 7.48. The van der Waals surface area contributed by atoms with Crippen molar-refractivity contribution in [3.05, 3.63) is 93.2 Å². The number of pyridine rings is 2. The Morgan fingerprint density at radius 3 is 2.62 bits per heavy atom. The molecule has 202 valence electrons. The summed E-state index contributed by atoms with van der Waals surface area (Å²) in [6.45, 7) is 5.16. The van der Waals surface area contributed by atoms with E-state index < -0.39 is 23.2 Å². The Kier molecular flexibility index (Phi) is 6.82. The minimum atomic E-state index is -0.674. The first-order chi connectivity index (χ1) is 18.6. The summed E-state index contributed by atoms with van der Waals surface area (Å²) in [6.07, 6.45) is 5.34. The number of hydrogen-bond donors (Lipinski definition) is 1. The third kappa shape index (κ3) is 4.61. The highest BCUT2D eigenvalue weighted by Crippen LogP contribution is 2.34. The number of carbonyl (C=O) groups is 1. The molecule has 0 saturated heterocycles. The lowest BCUT2D eigenvalue weighted by Gasteiger charge is -2.32. The van der Waals surface area contributed by atoms with Crippen LogP contribution in [0.4, 0.5) is 14.5 Å². The molecular weight excluding hydrogens is 504 g/mol. The van der Waals surface area contributed by atoms with Crippen molar-refractivity contribution >= 4 is 28.3 Å². The molecule has 0 saturated carbocycles. The van der Waals surface area contributed by atoms with Crippen LogP contribution in [0.15, 0.2) is 53.6 Å². The van der Waals surface area contributed by atoms with Gasteiger partial charge in [-0.2, -0.15) is 0 Å². The van der Waals surface area contributed by atoms with Gasteiger partial charge in [0.2, 0.25) is 0 Å². The van der Waals surface area contributed by atoms with Crippen LogP contribution >= 0.6 is 0 Å². The average molecular weight is 534 g/mol. The number of nitrogens with two attached hydrogens (primary N) is 1. The molecular formula is C29H29F2N5O3. The maximum absolute atomic E-state index is 15.0. The van der Waals surface area contributed by atoms with Crippen molar-refractivity contribution in [2.75, 3.05) is 25.9 Å². The summed E-state index contributed by atoms with van der Waals surface area (Å²) in [4.78, 5) is 31.2. The van der Waals surface area contributed by atoms with E-state index in [9.17, 15) is 14.0 Å². The Morgan fingerprint density at radius 2 is 1.95 bits per heavy atom. The van der Waals surface area contributed by atoms with Crippen LogP contribution in [0.5, 0.6) is 0 Å². The van der Waals surface area contributed by atoms with Gasteiger partial charge in [0.1, 0.15) is 11.5 Å². The van der Waals surface area contributed by atoms with Gasteiger partial charge in [0, 0.05) is 55.1 Å². The minimum absolute atomic E-state index is 0.0256. The largest absolute Gasteiger partial charge is 0.465 e. The number of halogens is 2. The van der Waals surface area contributed by atoms with Crippen LogP contribution in [-0.4, -0.2) is 45.2 Å². The van der Waals surface area contributed by atoms with E-state index >= 15 is 4.39 Å². The van der Waals surface area contributed by atoms with E-state index in [1.54, 1.807) is 25.3 Å². The molecule has 4 aromatic rings. The number of aryl methyl sites for hydroxylation is 2. The number of carbonyl (C=O) groups excluding carboxylic acids is 1. The molecule has 0 unspecified atom stereocenters. The SMILES string of the molecule is COC(=O)c1cc(C)c(C2=CCN([C@@H](C)c3cc4c(-n5cc(F)c(N)cc5=O)ccnc4n3C)CC2)c(F)c1. The maximum atomic E-state index is 15.0. The fourth-order valence-corrected chi connectivity index (χ4v) is 5.38. The molecule has 5 rings (SSSR count). The van der Waals surface area contributed by atoms with Gasteiger partial charge < -0.3 is 15.0 Å². The number of fused-ring (bicyclic) bond motifs is 1. The number of hydrogen-bond acceptors (Lipinski definition) is 6. The summed E-state index contributed by atoms with van der Waals surface area (Å²) >= 11 is 0. The monoisotopic (exact) mass is 533 g/mol. The van der Waals surface area contributed by atoms with Crippen molar-refractivity contribution in [1.29, 1.82) is 0 Å². The fourth-order valence-electron chi connectivity index (χ4n) is 5.38. The zero-order valence-electron chi connectivity index (χ0n) is 22.2.